The van der Waals surface area contributed by atoms with Gasteiger partial charge in [-0.3, -0.25) is 9.59 Å². The molecule has 3 rings (SSSR count). The Labute approximate surface area is 194 Å². The van der Waals surface area contributed by atoms with Gasteiger partial charge in [0.15, 0.2) is 0 Å². The lowest BCUT2D eigenvalue weighted by Gasteiger charge is -2.26. The number of amides is 1. The molecule has 8 nitrogen and oxygen atoms in total. The lowest BCUT2D eigenvalue weighted by molar-refractivity contribution is -0.141. The van der Waals surface area contributed by atoms with Crippen LogP contribution in [-0.2, 0) is 35.6 Å². The van der Waals surface area contributed by atoms with E-state index in [1.807, 2.05) is 30.3 Å². The molecule has 0 radical (unpaired) electrons. The number of morpholine rings is 1. The van der Waals surface area contributed by atoms with Crippen LogP contribution in [0.15, 0.2) is 65.6 Å². The first-order chi connectivity index (χ1) is 15.9. The van der Waals surface area contributed by atoms with Gasteiger partial charge >= 0.3 is 5.97 Å². The van der Waals surface area contributed by atoms with Crippen LogP contribution < -0.4 is 0 Å². The highest BCUT2D eigenvalue weighted by Crippen LogP contribution is 2.18. The fraction of sp³-hybridized carbons (Fsp3) is 0.333. The summed E-state index contributed by atoms with van der Waals surface area (Å²) in [6, 6.07) is 15.9. The van der Waals surface area contributed by atoms with E-state index in [2.05, 4.69) is 4.74 Å². The van der Waals surface area contributed by atoms with E-state index in [-0.39, 0.29) is 29.7 Å². The van der Waals surface area contributed by atoms with Crippen LogP contribution in [0.4, 0.5) is 0 Å². The Morgan fingerprint density at radius 1 is 1.06 bits per heavy atom. The quantitative estimate of drug-likeness (QED) is 0.411. The molecular formula is C24H28N2O6S. The first kappa shape index (κ1) is 24.6. The number of carbonyl (C=O) groups is 2. The van der Waals surface area contributed by atoms with Crippen molar-refractivity contribution in [2.24, 2.45) is 0 Å². The van der Waals surface area contributed by atoms with E-state index >= 15 is 0 Å². The summed E-state index contributed by atoms with van der Waals surface area (Å²) in [4.78, 5) is 26.2. The van der Waals surface area contributed by atoms with Crippen LogP contribution >= 0.6 is 0 Å². The van der Waals surface area contributed by atoms with Crippen LogP contribution in [0.1, 0.15) is 17.5 Å². The molecule has 176 valence electrons. The van der Waals surface area contributed by atoms with E-state index in [0.717, 1.165) is 5.56 Å². The van der Waals surface area contributed by atoms with Crippen molar-refractivity contribution < 1.29 is 27.5 Å². The topological polar surface area (TPSA) is 93.2 Å². The van der Waals surface area contributed by atoms with Crippen LogP contribution in [0.5, 0.6) is 0 Å². The summed E-state index contributed by atoms with van der Waals surface area (Å²) >= 11 is 0. The van der Waals surface area contributed by atoms with E-state index in [9.17, 15) is 18.0 Å². The molecule has 1 amide bonds. The van der Waals surface area contributed by atoms with Gasteiger partial charge in [-0.15, -0.1) is 0 Å². The van der Waals surface area contributed by atoms with E-state index in [1.54, 1.807) is 23.1 Å². The second kappa shape index (κ2) is 11.7. The zero-order chi connectivity index (χ0) is 23.7. The number of carbonyl (C=O) groups excluding carboxylic acids is 2. The van der Waals surface area contributed by atoms with Gasteiger partial charge in [0.05, 0.1) is 31.6 Å². The van der Waals surface area contributed by atoms with Gasteiger partial charge < -0.3 is 14.4 Å². The lowest BCUT2D eigenvalue weighted by Crippen LogP contribution is -2.40. The molecule has 1 aliphatic rings. The number of hydrogen-bond acceptors (Lipinski definition) is 6. The Morgan fingerprint density at radius 3 is 2.36 bits per heavy atom. The molecule has 0 spiro atoms. The van der Waals surface area contributed by atoms with Crippen LogP contribution in [0, 0.1) is 0 Å². The molecule has 0 aliphatic carbocycles. The largest absolute Gasteiger partial charge is 0.469 e. The summed E-state index contributed by atoms with van der Waals surface area (Å²) in [6.07, 6.45) is 3.15. The second-order valence-electron chi connectivity index (χ2n) is 7.49. The molecule has 1 heterocycles. The van der Waals surface area contributed by atoms with Gasteiger partial charge in [0.2, 0.25) is 15.9 Å². The minimum absolute atomic E-state index is 0.0943. The number of hydrogen-bond donors (Lipinski definition) is 0. The standard InChI is InChI=1S/C24H28N2O6S/c1-31-24(28)13-14-25(19-21-5-3-2-4-6-21)23(27)12-9-20-7-10-22(11-8-20)33(29,30)26-15-17-32-18-16-26/h2-12H,13-19H2,1H3/b12-9+. The first-order valence-corrected chi connectivity index (χ1v) is 12.1. The number of benzene rings is 2. The molecule has 2 aromatic rings. The minimum Gasteiger partial charge on any atom is -0.469 e. The van der Waals surface area contributed by atoms with Crippen molar-refractivity contribution in [3.05, 3.63) is 71.8 Å². The maximum absolute atomic E-state index is 12.8. The highest BCUT2D eigenvalue weighted by atomic mass is 32.2. The average Bonchev–Trinajstić information content (AvgIpc) is 2.86. The molecular weight excluding hydrogens is 444 g/mol. The normalized spacial score (nSPS) is 14.8. The van der Waals surface area contributed by atoms with Crippen molar-refractivity contribution >= 4 is 28.0 Å². The van der Waals surface area contributed by atoms with Crippen molar-refractivity contribution in [3.63, 3.8) is 0 Å². The van der Waals surface area contributed by atoms with Gasteiger partial charge in [0, 0.05) is 32.3 Å². The van der Waals surface area contributed by atoms with Crippen LogP contribution in [0.3, 0.4) is 0 Å². The van der Waals surface area contributed by atoms with E-state index < -0.39 is 10.0 Å². The fourth-order valence-electron chi connectivity index (χ4n) is 3.36. The molecule has 33 heavy (non-hydrogen) atoms. The molecule has 0 saturated carbocycles. The third-order valence-electron chi connectivity index (χ3n) is 5.25. The van der Waals surface area contributed by atoms with Gasteiger partial charge in [0.25, 0.3) is 0 Å². The third-order valence-corrected chi connectivity index (χ3v) is 7.16. The minimum atomic E-state index is -3.57. The predicted octanol–water partition coefficient (Wildman–Crippen LogP) is 2.31. The van der Waals surface area contributed by atoms with Crippen LogP contribution in [-0.4, -0.2) is 69.5 Å². The third kappa shape index (κ3) is 6.98. The zero-order valence-corrected chi connectivity index (χ0v) is 19.4. The van der Waals surface area contributed by atoms with E-state index in [4.69, 9.17) is 4.74 Å². The molecule has 0 aromatic heterocycles. The van der Waals surface area contributed by atoms with E-state index in [1.165, 1.54) is 29.6 Å². The van der Waals surface area contributed by atoms with Crippen LogP contribution in [0.2, 0.25) is 0 Å². The van der Waals surface area contributed by atoms with Crippen molar-refractivity contribution in [1.29, 1.82) is 0 Å². The van der Waals surface area contributed by atoms with Gasteiger partial charge in [0.1, 0.15) is 0 Å². The number of nitrogens with zero attached hydrogens (tertiary/aromatic N) is 2. The smallest absolute Gasteiger partial charge is 0.307 e. The van der Waals surface area contributed by atoms with E-state index in [0.29, 0.717) is 38.4 Å². The molecule has 0 bridgehead atoms. The highest BCUT2D eigenvalue weighted by Gasteiger charge is 2.26. The fourth-order valence-corrected chi connectivity index (χ4v) is 4.77. The molecule has 1 fully saturated rings. The molecule has 0 unspecified atom stereocenters. The number of esters is 1. The zero-order valence-electron chi connectivity index (χ0n) is 18.6. The number of ether oxygens (including phenoxy) is 2. The lowest BCUT2D eigenvalue weighted by atomic mass is 10.2. The summed E-state index contributed by atoms with van der Waals surface area (Å²) in [6.45, 7) is 2.02. The van der Waals surface area contributed by atoms with Gasteiger partial charge in [-0.05, 0) is 29.3 Å². The molecule has 0 atom stereocenters. The average molecular weight is 473 g/mol. The molecule has 0 N–H and O–H groups in total. The first-order valence-electron chi connectivity index (χ1n) is 10.7. The Morgan fingerprint density at radius 2 is 1.73 bits per heavy atom. The van der Waals surface area contributed by atoms with Crippen molar-refractivity contribution in [2.75, 3.05) is 40.0 Å². The van der Waals surface area contributed by atoms with Crippen molar-refractivity contribution in [3.8, 4) is 0 Å². The maximum atomic E-state index is 12.8. The Hall–Kier alpha value is -3.01. The van der Waals surface area contributed by atoms with Gasteiger partial charge in [-0.25, -0.2) is 8.42 Å². The monoisotopic (exact) mass is 472 g/mol. The molecule has 1 aliphatic heterocycles. The van der Waals surface area contributed by atoms with Crippen molar-refractivity contribution in [2.45, 2.75) is 17.9 Å². The SMILES string of the molecule is COC(=O)CCN(Cc1ccccc1)C(=O)/C=C/c1ccc(S(=O)(=O)N2CCOCC2)cc1. The number of rotatable bonds is 9. The summed E-state index contributed by atoms with van der Waals surface area (Å²) in [7, 11) is -2.25. The summed E-state index contributed by atoms with van der Waals surface area (Å²) in [5, 5.41) is 0. The highest BCUT2D eigenvalue weighted by molar-refractivity contribution is 7.89. The molecule has 9 heteroatoms. The number of methoxy groups -OCH3 is 1. The maximum Gasteiger partial charge on any atom is 0.307 e. The Balaban J connectivity index is 1.68. The van der Waals surface area contributed by atoms with Gasteiger partial charge in [-0.1, -0.05) is 42.5 Å². The summed E-state index contributed by atoms with van der Waals surface area (Å²) < 4.78 is 36.8. The van der Waals surface area contributed by atoms with Crippen molar-refractivity contribution in [1.82, 2.24) is 9.21 Å². The predicted molar refractivity (Wildman–Crippen MR) is 124 cm³/mol. The Bertz CT molecular complexity index is 1060. The van der Waals surface area contributed by atoms with Crippen LogP contribution in [0.25, 0.3) is 6.08 Å². The second-order valence-corrected chi connectivity index (χ2v) is 9.43. The van der Waals surface area contributed by atoms with Gasteiger partial charge in [-0.2, -0.15) is 4.31 Å². The number of sulfonamides is 1. The molecule has 2 aromatic carbocycles. The summed E-state index contributed by atoms with van der Waals surface area (Å²) in [5.41, 5.74) is 1.64. The Kier molecular flexibility index (Phi) is 8.76. The molecule has 1 saturated heterocycles. The summed E-state index contributed by atoms with van der Waals surface area (Å²) in [5.74, 6) is -0.644.